The number of furan rings is 1. The standard InChI is InChI=1S/C13H17N3O3/c1-13(10-5-3-7-19-10)11(17)16(12(18)15-13)8-9-4-2-6-14-9/h3,5,7,9,14H,2,4,6,8H2,1H3,(H,15,18)/t9-,13?/m1/s1. The summed E-state index contributed by atoms with van der Waals surface area (Å²) in [5.74, 6) is 0.217. The monoisotopic (exact) mass is 263 g/mol. The molecule has 2 fully saturated rings. The molecule has 1 unspecified atom stereocenters. The lowest BCUT2D eigenvalue weighted by Gasteiger charge is -2.20. The first-order valence-electron chi connectivity index (χ1n) is 6.53. The second-order valence-electron chi connectivity index (χ2n) is 5.24. The van der Waals surface area contributed by atoms with Crippen molar-refractivity contribution in [2.45, 2.75) is 31.3 Å². The normalized spacial score (nSPS) is 31.0. The molecule has 0 aliphatic carbocycles. The molecule has 0 saturated carbocycles. The van der Waals surface area contributed by atoms with E-state index in [-0.39, 0.29) is 18.0 Å². The molecule has 1 aromatic rings. The minimum Gasteiger partial charge on any atom is -0.466 e. The Kier molecular flexibility index (Phi) is 2.82. The summed E-state index contributed by atoms with van der Waals surface area (Å²) in [6, 6.07) is 3.27. The van der Waals surface area contributed by atoms with Crippen LogP contribution in [-0.4, -0.2) is 36.0 Å². The van der Waals surface area contributed by atoms with Crippen LogP contribution in [0.4, 0.5) is 4.79 Å². The maximum Gasteiger partial charge on any atom is 0.325 e. The van der Waals surface area contributed by atoms with Gasteiger partial charge in [-0.15, -0.1) is 0 Å². The minimum absolute atomic E-state index is 0.202. The third-order valence-corrected chi connectivity index (χ3v) is 3.85. The van der Waals surface area contributed by atoms with Crippen LogP contribution in [0, 0.1) is 0 Å². The van der Waals surface area contributed by atoms with E-state index in [2.05, 4.69) is 10.6 Å². The topological polar surface area (TPSA) is 74.6 Å². The molecule has 102 valence electrons. The molecule has 2 aliphatic heterocycles. The summed E-state index contributed by atoms with van der Waals surface area (Å²) in [4.78, 5) is 25.8. The zero-order valence-corrected chi connectivity index (χ0v) is 10.8. The zero-order chi connectivity index (χ0) is 13.5. The van der Waals surface area contributed by atoms with Crippen molar-refractivity contribution in [2.24, 2.45) is 0 Å². The van der Waals surface area contributed by atoms with Crippen molar-refractivity contribution >= 4 is 11.9 Å². The zero-order valence-electron chi connectivity index (χ0n) is 10.8. The van der Waals surface area contributed by atoms with E-state index in [1.807, 2.05) is 0 Å². The van der Waals surface area contributed by atoms with E-state index in [0.29, 0.717) is 12.3 Å². The third-order valence-electron chi connectivity index (χ3n) is 3.85. The Bertz CT molecular complexity index is 493. The summed E-state index contributed by atoms with van der Waals surface area (Å²) >= 11 is 0. The van der Waals surface area contributed by atoms with Gasteiger partial charge in [0.25, 0.3) is 5.91 Å². The Morgan fingerprint density at radius 3 is 3.00 bits per heavy atom. The highest BCUT2D eigenvalue weighted by molar-refractivity contribution is 6.06. The molecule has 0 aromatic carbocycles. The molecule has 0 bridgehead atoms. The van der Waals surface area contributed by atoms with Gasteiger partial charge in [-0.2, -0.15) is 0 Å². The van der Waals surface area contributed by atoms with Crippen LogP contribution in [0.25, 0.3) is 0 Å². The van der Waals surface area contributed by atoms with Crippen molar-refractivity contribution in [2.75, 3.05) is 13.1 Å². The van der Waals surface area contributed by atoms with Gasteiger partial charge < -0.3 is 15.1 Å². The number of hydrogen-bond donors (Lipinski definition) is 2. The van der Waals surface area contributed by atoms with E-state index in [0.717, 1.165) is 19.4 Å². The molecule has 3 amide bonds. The molecule has 2 N–H and O–H groups in total. The average molecular weight is 263 g/mol. The number of amides is 3. The van der Waals surface area contributed by atoms with Gasteiger partial charge in [0.15, 0.2) is 5.54 Å². The van der Waals surface area contributed by atoms with Crippen LogP contribution < -0.4 is 10.6 Å². The average Bonchev–Trinajstić information content (AvgIpc) is 3.09. The van der Waals surface area contributed by atoms with Gasteiger partial charge in [0.2, 0.25) is 0 Å². The number of carbonyl (C=O) groups is 2. The molecule has 0 spiro atoms. The summed E-state index contributed by atoms with van der Waals surface area (Å²) < 4.78 is 5.28. The number of hydrogen-bond acceptors (Lipinski definition) is 4. The van der Waals surface area contributed by atoms with Crippen LogP contribution in [0.5, 0.6) is 0 Å². The quantitative estimate of drug-likeness (QED) is 0.791. The molecule has 6 heteroatoms. The first-order chi connectivity index (χ1) is 9.11. The first-order valence-corrected chi connectivity index (χ1v) is 6.53. The molecule has 2 saturated heterocycles. The van der Waals surface area contributed by atoms with Gasteiger partial charge in [0.05, 0.1) is 6.26 Å². The molecule has 2 atom stereocenters. The maximum absolute atomic E-state index is 12.5. The summed E-state index contributed by atoms with van der Waals surface area (Å²) in [5, 5.41) is 6.01. The Morgan fingerprint density at radius 2 is 2.37 bits per heavy atom. The molecule has 6 nitrogen and oxygen atoms in total. The Hall–Kier alpha value is -1.82. The number of nitrogens with zero attached hydrogens (tertiary/aromatic N) is 1. The highest BCUT2D eigenvalue weighted by atomic mass is 16.3. The fourth-order valence-corrected chi connectivity index (χ4v) is 2.73. The minimum atomic E-state index is -1.08. The van der Waals surface area contributed by atoms with Gasteiger partial charge in [-0.05, 0) is 38.4 Å². The Labute approximate surface area is 111 Å². The van der Waals surface area contributed by atoms with Crippen molar-refractivity contribution in [3.8, 4) is 0 Å². The van der Waals surface area contributed by atoms with E-state index in [4.69, 9.17) is 4.42 Å². The number of carbonyl (C=O) groups excluding carboxylic acids is 2. The summed E-state index contributed by atoms with van der Waals surface area (Å²) in [6.45, 7) is 3.04. The first kappa shape index (κ1) is 12.2. The molecule has 0 radical (unpaired) electrons. The van der Waals surface area contributed by atoms with Crippen LogP contribution in [0.3, 0.4) is 0 Å². The highest BCUT2D eigenvalue weighted by Crippen LogP contribution is 2.29. The van der Waals surface area contributed by atoms with Gasteiger partial charge in [0.1, 0.15) is 5.76 Å². The van der Waals surface area contributed by atoms with Crippen molar-refractivity contribution in [3.05, 3.63) is 24.2 Å². The van der Waals surface area contributed by atoms with Gasteiger partial charge >= 0.3 is 6.03 Å². The van der Waals surface area contributed by atoms with Crippen LogP contribution in [0.1, 0.15) is 25.5 Å². The van der Waals surface area contributed by atoms with E-state index >= 15 is 0 Å². The summed E-state index contributed by atoms with van der Waals surface area (Å²) in [5.41, 5.74) is -1.08. The fourth-order valence-electron chi connectivity index (χ4n) is 2.73. The second kappa shape index (κ2) is 4.38. The number of imide groups is 1. The highest BCUT2D eigenvalue weighted by Gasteiger charge is 2.51. The Balaban J connectivity index is 1.80. The molecular weight excluding hydrogens is 246 g/mol. The summed E-state index contributed by atoms with van der Waals surface area (Å²) in [6.07, 6.45) is 3.58. The van der Waals surface area contributed by atoms with Crippen molar-refractivity contribution in [1.82, 2.24) is 15.5 Å². The predicted octanol–water partition coefficient (Wildman–Crippen LogP) is 0.799. The van der Waals surface area contributed by atoms with Crippen molar-refractivity contribution in [3.63, 3.8) is 0 Å². The molecule has 1 aromatic heterocycles. The predicted molar refractivity (Wildman–Crippen MR) is 67.3 cm³/mol. The lowest BCUT2D eigenvalue weighted by molar-refractivity contribution is -0.131. The van der Waals surface area contributed by atoms with Crippen LogP contribution >= 0.6 is 0 Å². The van der Waals surface area contributed by atoms with Gasteiger partial charge in [-0.1, -0.05) is 0 Å². The van der Waals surface area contributed by atoms with Crippen LogP contribution in [0.15, 0.2) is 22.8 Å². The van der Waals surface area contributed by atoms with Gasteiger partial charge in [-0.25, -0.2) is 4.79 Å². The van der Waals surface area contributed by atoms with Crippen molar-refractivity contribution < 1.29 is 14.0 Å². The van der Waals surface area contributed by atoms with E-state index in [9.17, 15) is 9.59 Å². The van der Waals surface area contributed by atoms with Crippen LogP contribution in [-0.2, 0) is 10.3 Å². The third kappa shape index (κ3) is 1.92. The maximum atomic E-state index is 12.5. The smallest absolute Gasteiger partial charge is 0.325 e. The number of nitrogens with one attached hydrogen (secondary N) is 2. The van der Waals surface area contributed by atoms with E-state index in [1.54, 1.807) is 19.1 Å². The SMILES string of the molecule is CC1(c2ccco2)NC(=O)N(C[C@H]2CCCN2)C1=O. The van der Waals surface area contributed by atoms with Gasteiger partial charge in [-0.3, -0.25) is 9.69 Å². The van der Waals surface area contributed by atoms with Crippen molar-refractivity contribution in [1.29, 1.82) is 0 Å². The van der Waals surface area contributed by atoms with Gasteiger partial charge in [0, 0.05) is 12.6 Å². The largest absolute Gasteiger partial charge is 0.466 e. The number of rotatable bonds is 3. The molecule has 3 rings (SSSR count). The fraction of sp³-hybridized carbons (Fsp3) is 0.538. The molecule has 2 aliphatic rings. The Morgan fingerprint density at radius 1 is 1.53 bits per heavy atom. The summed E-state index contributed by atoms with van der Waals surface area (Å²) in [7, 11) is 0. The molecular formula is C13H17N3O3. The van der Waals surface area contributed by atoms with E-state index < -0.39 is 5.54 Å². The molecule has 3 heterocycles. The number of urea groups is 1. The lowest BCUT2D eigenvalue weighted by Crippen LogP contribution is -2.43. The molecule has 19 heavy (non-hydrogen) atoms. The second-order valence-corrected chi connectivity index (χ2v) is 5.24. The van der Waals surface area contributed by atoms with Crippen LogP contribution in [0.2, 0.25) is 0 Å². The van der Waals surface area contributed by atoms with E-state index in [1.165, 1.54) is 11.2 Å². The lowest BCUT2D eigenvalue weighted by atomic mass is 9.99.